The number of rotatable bonds is 6. The van der Waals surface area contributed by atoms with E-state index in [0.717, 1.165) is 6.42 Å². The van der Waals surface area contributed by atoms with E-state index in [1.807, 2.05) is 6.92 Å². The van der Waals surface area contributed by atoms with Crippen molar-refractivity contribution < 1.29 is 14.7 Å². The summed E-state index contributed by atoms with van der Waals surface area (Å²) < 4.78 is 0.656. The van der Waals surface area contributed by atoms with Crippen LogP contribution in [0.25, 0.3) is 0 Å². The van der Waals surface area contributed by atoms with E-state index in [2.05, 4.69) is 26.6 Å². The van der Waals surface area contributed by atoms with Gasteiger partial charge in [-0.25, -0.2) is 4.79 Å². The van der Waals surface area contributed by atoms with Gasteiger partial charge in [-0.2, -0.15) is 0 Å². The lowest BCUT2D eigenvalue weighted by molar-refractivity contribution is -0.141. The molecule has 0 heterocycles. The normalized spacial score (nSPS) is 11.8. The molecule has 0 saturated carbocycles. The van der Waals surface area contributed by atoms with Crippen molar-refractivity contribution in [3.63, 3.8) is 0 Å². The van der Waals surface area contributed by atoms with Gasteiger partial charge in [0.1, 0.15) is 0 Å². The Morgan fingerprint density at radius 2 is 2.15 bits per heavy atom. The molecule has 0 aromatic heterocycles. The van der Waals surface area contributed by atoms with Crippen LogP contribution in [-0.2, 0) is 4.79 Å². The first-order valence-electron chi connectivity index (χ1n) is 6.16. The highest BCUT2D eigenvalue weighted by atomic mass is 79.9. The van der Waals surface area contributed by atoms with Gasteiger partial charge in [0.05, 0.1) is 11.6 Å². The number of hydrogen-bond donors (Lipinski definition) is 3. The highest BCUT2D eigenvalue weighted by molar-refractivity contribution is 9.10. The number of urea groups is 1. The molecular weight excluding hydrogens is 348 g/mol. The van der Waals surface area contributed by atoms with Crippen molar-refractivity contribution in [2.45, 2.75) is 19.8 Å². The lowest BCUT2D eigenvalue weighted by atomic mass is 10.0. The van der Waals surface area contributed by atoms with Crippen LogP contribution in [0.4, 0.5) is 10.5 Å². The van der Waals surface area contributed by atoms with Gasteiger partial charge in [-0.15, -0.1) is 0 Å². The van der Waals surface area contributed by atoms with E-state index in [0.29, 0.717) is 21.6 Å². The standard InChI is InChI=1S/C13H16BrClN2O3/c1-2-3-8(12(18)19)7-16-13(20)17-11-5-4-9(15)6-10(11)14/h4-6,8H,2-3,7H2,1H3,(H,18,19)(H2,16,17,20). The Morgan fingerprint density at radius 3 is 2.70 bits per heavy atom. The summed E-state index contributed by atoms with van der Waals surface area (Å²) in [6.07, 6.45) is 1.28. The summed E-state index contributed by atoms with van der Waals surface area (Å²) in [6, 6.07) is 4.52. The summed E-state index contributed by atoms with van der Waals surface area (Å²) in [6.45, 7) is 2.00. The van der Waals surface area contributed by atoms with E-state index >= 15 is 0 Å². The molecule has 0 saturated heterocycles. The molecule has 2 amide bonds. The summed E-state index contributed by atoms with van der Waals surface area (Å²) in [4.78, 5) is 22.7. The molecule has 110 valence electrons. The number of carbonyl (C=O) groups is 2. The van der Waals surface area contributed by atoms with Gasteiger partial charge in [-0.05, 0) is 40.5 Å². The first-order valence-corrected chi connectivity index (χ1v) is 7.33. The van der Waals surface area contributed by atoms with Crippen LogP contribution in [0.2, 0.25) is 5.02 Å². The molecule has 0 aliphatic carbocycles. The molecule has 1 unspecified atom stereocenters. The number of hydrogen-bond acceptors (Lipinski definition) is 2. The molecular formula is C13H16BrClN2O3. The second-order valence-corrected chi connectivity index (χ2v) is 5.57. The van der Waals surface area contributed by atoms with Gasteiger partial charge in [0.2, 0.25) is 0 Å². The first-order chi connectivity index (χ1) is 9.43. The van der Waals surface area contributed by atoms with Crippen LogP contribution in [-0.4, -0.2) is 23.7 Å². The van der Waals surface area contributed by atoms with Crippen LogP contribution in [0, 0.1) is 5.92 Å². The minimum absolute atomic E-state index is 0.0974. The smallest absolute Gasteiger partial charge is 0.319 e. The molecule has 3 N–H and O–H groups in total. The van der Waals surface area contributed by atoms with E-state index < -0.39 is 17.9 Å². The van der Waals surface area contributed by atoms with Gasteiger partial charge >= 0.3 is 12.0 Å². The average molecular weight is 364 g/mol. The Labute approximate surface area is 130 Å². The Bertz CT molecular complexity index is 497. The lowest BCUT2D eigenvalue weighted by Gasteiger charge is -2.13. The second kappa shape index (κ2) is 8.11. The Morgan fingerprint density at radius 1 is 1.45 bits per heavy atom. The fourth-order valence-electron chi connectivity index (χ4n) is 1.63. The van der Waals surface area contributed by atoms with Crippen molar-refractivity contribution in [1.29, 1.82) is 0 Å². The van der Waals surface area contributed by atoms with Crippen molar-refractivity contribution in [2.24, 2.45) is 5.92 Å². The van der Waals surface area contributed by atoms with Gasteiger partial charge in [0.15, 0.2) is 0 Å². The number of carbonyl (C=O) groups excluding carboxylic acids is 1. The minimum Gasteiger partial charge on any atom is -0.481 e. The molecule has 0 aliphatic heterocycles. The minimum atomic E-state index is -0.903. The molecule has 0 fully saturated rings. The Balaban J connectivity index is 2.53. The van der Waals surface area contributed by atoms with Gasteiger partial charge in [-0.1, -0.05) is 24.9 Å². The van der Waals surface area contributed by atoms with Crippen molar-refractivity contribution in [3.8, 4) is 0 Å². The molecule has 1 atom stereocenters. The maximum atomic E-state index is 11.7. The zero-order valence-corrected chi connectivity index (χ0v) is 13.3. The molecule has 0 bridgehead atoms. The molecule has 0 aliphatic rings. The summed E-state index contributed by atoms with van der Waals surface area (Å²) in [7, 11) is 0. The fraction of sp³-hybridized carbons (Fsp3) is 0.385. The third-order valence-electron chi connectivity index (χ3n) is 2.67. The molecule has 7 heteroatoms. The zero-order chi connectivity index (χ0) is 15.1. The number of amides is 2. The predicted octanol–water partition coefficient (Wildman–Crippen LogP) is 3.72. The highest BCUT2D eigenvalue weighted by Crippen LogP contribution is 2.25. The highest BCUT2D eigenvalue weighted by Gasteiger charge is 2.17. The molecule has 0 spiro atoms. The fourth-order valence-corrected chi connectivity index (χ4v) is 2.42. The predicted molar refractivity (Wildman–Crippen MR) is 82.2 cm³/mol. The lowest BCUT2D eigenvalue weighted by Crippen LogP contribution is -2.35. The van der Waals surface area contributed by atoms with Gasteiger partial charge in [-0.3, -0.25) is 4.79 Å². The molecule has 1 aromatic rings. The number of benzene rings is 1. The molecule has 1 aromatic carbocycles. The van der Waals surface area contributed by atoms with Crippen LogP contribution in [0.15, 0.2) is 22.7 Å². The monoisotopic (exact) mass is 362 g/mol. The third kappa shape index (κ3) is 5.38. The van der Waals surface area contributed by atoms with Crippen LogP contribution in [0.5, 0.6) is 0 Å². The van der Waals surface area contributed by atoms with E-state index in [1.54, 1.807) is 18.2 Å². The third-order valence-corrected chi connectivity index (χ3v) is 3.57. The number of halogens is 2. The number of nitrogens with one attached hydrogen (secondary N) is 2. The summed E-state index contributed by atoms with van der Waals surface area (Å²) in [5.74, 6) is -1.47. The van der Waals surface area contributed by atoms with Crippen molar-refractivity contribution in [1.82, 2.24) is 5.32 Å². The van der Waals surface area contributed by atoms with E-state index in [1.165, 1.54) is 0 Å². The number of carboxylic acids is 1. The molecule has 1 rings (SSSR count). The SMILES string of the molecule is CCCC(CNC(=O)Nc1ccc(Cl)cc1Br)C(=O)O. The number of anilines is 1. The maximum Gasteiger partial charge on any atom is 0.319 e. The topological polar surface area (TPSA) is 78.4 Å². The summed E-state index contributed by atoms with van der Waals surface area (Å²) in [5.41, 5.74) is 0.564. The Hall–Kier alpha value is -1.27. The van der Waals surface area contributed by atoms with Crippen LogP contribution in [0.1, 0.15) is 19.8 Å². The quantitative estimate of drug-likeness (QED) is 0.720. The van der Waals surface area contributed by atoms with Gasteiger partial charge in [0, 0.05) is 16.0 Å². The number of carboxylic acid groups (broad SMARTS) is 1. The molecule has 0 radical (unpaired) electrons. The van der Waals surface area contributed by atoms with E-state index in [4.69, 9.17) is 16.7 Å². The Kier molecular flexibility index (Phi) is 6.81. The van der Waals surface area contributed by atoms with Crippen LogP contribution in [0.3, 0.4) is 0 Å². The largest absolute Gasteiger partial charge is 0.481 e. The van der Waals surface area contributed by atoms with Crippen molar-refractivity contribution in [2.75, 3.05) is 11.9 Å². The average Bonchev–Trinajstić information content (AvgIpc) is 2.37. The molecule has 5 nitrogen and oxygen atoms in total. The van der Waals surface area contributed by atoms with Gasteiger partial charge in [0.25, 0.3) is 0 Å². The molecule has 20 heavy (non-hydrogen) atoms. The zero-order valence-electron chi connectivity index (χ0n) is 11.0. The van der Waals surface area contributed by atoms with Gasteiger partial charge < -0.3 is 15.7 Å². The van der Waals surface area contributed by atoms with Crippen molar-refractivity contribution in [3.05, 3.63) is 27.7 Å². The second-order valence-electron chi connectivity index (χ2n) is 4.28. The van der Waals surface area contributed by atoms with Crippen molar-refractivity contribution >= 4 is 45.2 Å². The maximum absolute atomic E-state index is 11.7. The summed E-state index contributed by atoms with van der Waals surface area (Å²) in [5, 5.41) is 14.7. The summed E-state index contributed by atoms with van der Waals surface area (Å²) >= 11 is 9.08. The van der Waals surface area contributed by atoms with E-state index in [-0.39, 0.29) is 6.54 Å². The van der Waals surface area contributed by atoms with Crippen LogP contribution < -0.4 is 10.6 Å². The van der Waals surface area contributed by atoms with E-state index in [9.17, 15) is 9.59 Å². The first kappa shape index (κ1) is 16.8. The van der Waals surface area contributed by atoms with Crippen LogP contribution >= 0.6 is 27.5 Å². The number of aliphatic carboxylic acids is 1.